The molecular weight excluding hydrogens is 286 g/mol. The number of nitrogens with one attached hydrogen (secondary N) is 2. The molecule has 20 heavy (non-hydrogen) atoms. The first-order chi connectivity index (χ1) is 9.54. The summed E-state index contributed by atoms with van der Waals surface area (Å²) in [5.41, 5.74) is 0.315. The van der Waals surface area contributed by atoms with Gasteiger partial charge < -0.3 is 10.3 Å². The van der Waals surface area contributed by atoms with Crippen molar-refractivity contribution in [2.24, 2.45) is 0 Å². The average Bonchev–Trinajstić information content (AvgIpc) is 2.40. The summed E-state index contributed by atoms with van der Waals surface area (Å²) in [4.78, 5) is 25.7. The van der Waals surface area contributed by atoms with E-state index in [0.717, 1.165) is 0 Å². The Balaban J connectivity index is 2.06. The van der Waals surface area contributed by atoms with Gasteiger partial charge in [-0.05, 0) is 30.3 Å². The number of alkyl halides is 2. The van der Waals surface area contributed by atoms with Crippen LogP contribution in [0, 0.1) is 0 Å². The topological polar surface area (TPSA) is 62.0 Å². The van der Waals surface area contributed by atoms with Gasteiger partial charge >= 0.3 is 0 Å². The summed E-state index contributed by atoms with van der Waals surface area (Å²) in [6, 6.07) is 8.67. The molecule has 2 rings (SSSR count). The van der Waals surface area contributed by atoms with E-state index in [2.05, 4.69) is 10.3 Å². The molecule has 0 aliphatic rings. The van der Waals surface area contributed by atoms with E-state index in [1.54, 1.807) is 0 Å². The molecule has 1 amide bonds. The Labute approximate surface area is 117 Å². The van der Waals surface area contributed by atoms with Gasteiger partial charge in [-0.25, -0.2) is 0 Å². The molecule has 0 aliphatic carbocycles. The molecule has 0 radical (unpaired) electrons. The van der Waals surface area contributed by atoms with Gasteiger partial charge in [-0.15, -0.1) is 0 Å². The van der Waals surface area contributed by atoms with Crippen LogP contribution in [0.4, 0.5) is 14.5 Å². The first-order valence-electron chi connectivity index (χ1n) is 5.59. The van der Waals surface area contributed by atoms with Gasteiger partial charge in [-0.3, -0.25) is 9.59 Å². The van der Waals surface area contributed by atoms with Crippen molar-refractivity contribution in [2.45, 2.75) is 10.7 Å². The molecule has 0 atom stereocenters. The van der Waals surface area contributed by atoms with Gasteiger partial charge in [0, 0.05) is 28.4 Å². The van der Waals surface area contributed by atoms with Crippen molar-refractivity contribution in [2.75, 3.05) is 5.32 Å². The lowest BCUT2D eigenvalue weighted by Crippen LogP contribution is -2.15. The van der Waals surface area contributed by atoms with Gasteiger partial charge in [-0.1, -0.05) is 11.8 Å². The van der Waals surface area contributed by atoms with Gasteiger partial charge in [0.05, 0.1) is 0 Å². The zero-order chi connectivity index (χ0) is 14.5. The van der Waals surface area contributed by atoms with Gasteiger partial charge in [0.1, 0.15) is 0 Å². The van der Waals surface area contributed by atoms with Crippen LogP contribution in [0.2, 0.25) is 0 Å². The van der Waals surface area contributed by atoms with Gasteiger partial charge in [0.15, 0.2) is 0 Å². The van der Waals surface area contributed by atoms with Crippen molar-refractivity contribution < 1.29 is 13.6 Å². The Morgan fingerprint density at radius 1 is 1.20 bits per heavy atom. The van der Waals surface area contributed by atoms with Crippen molar-refractivity contribution in [1.29, 1.82) is 0 Å². The summed E-state index contributed by atoms with van der Waals surface area (Å²) in [6.45, 7) is 0. The first kappa shape index (κ1) is 14.3. The minimum atomic E-state index is -2.48. The molecule has 0 saturated carbocycles. The fourth-order valence-corrected chi connectivity index (χ4v) is 2.01. The molecule has 0 aliphatic heterocycles. The molecule has 7 heteroatoms. The number of aromatic nitrogens is 1. The zero-order valence-corrected chi connectivity index (χ0v) is 10.9. The van der Waals surface area contributed by atoms with E-state index in [9.17, 15) is 18.4 Å². The average molecular weight is 296 g/mol. The number of benzene rings is 1. The maximum atomic E-state index is 12.2. The van der Waals surface area contributed by atoms with Gasteiger partial charge in [0.2, 0.25) is 5.56 Å². The van der Waals surface area contributed by atoms with Gasteiger partial charge in [-0.2, -0.15) is 8.78 Å². The Kier molecular flexibility index (Phi) is 4.52. The molecule has 2 N–H and O–H groups in total. The molecule has 104 valence electrons. The summed E-state index contributed by atoms with van der Waals surface area (Å²) < 4.78 is 24.3. The SMILES string of the molecule is O=C(Nc1ccc(SC(F)F)cc1)c1cc[nH]c(=O)c1. The molecule has 2 aromatic rings. The summed E-state index contributed by atoms with van der Waals surface area (Å²) in [7, 11) is 0. The van der Waals surface area contributed by atoms with E-state index in [1.165, 1.54) is 42.6 Å². The van der Waals surface area contributed by atoms with E-state index in [4.69, 9.17) is 0 Å². The number of H-pyrrole nitrogens is 1. The maximum absolute atomic E-state index is 12.2. The van der Waals surface area contributed by atoms with Crippen LogP contribution in [0.25, 0.3) is 0 Å². The number of halogens is 2. The van der Waals surface area contributed by atoms with Crippen LogP contribution in [0.1, 0.15) is 10.4 Å². The lowest BCUT2D eigenvalue weighted by molar-refractivity contribution is 0.102. The normalized spacial score (nSPS) is 10.6. The van der Waals surface area contributed by atoms with Crippen LogP contribution in [0.3, 0.4) is 0 Å². The van der Waals surface area contributed by atoms with Crippen LogP contribution in [-0.2, 0) is 0 Å². The van der Waals surface area contributed by atoms with Gasteiger partial charge in [0.25, 0.3) is 11.7 Å². The lowest BCUT2D eigenvalue weighted by Gasteiger charge is -2.06. The van der Waals surface area contributed by atoms with Crippen molar-refractivity contribution in [3.63, 3.8) is 0 Å². The highest BCUT2D eigenvalue weighted by atomic mass is 32.2. The highest BCUT2D eigenvalue weighted by molar-refractivity contribution is 7.99. The number of pyridine rings is 1. The van der Waals surface area contributed by atoms with Crippen LogP contribution in [-0.4, -0.2) is 16.6 Å². The minimum Gasteiger partial charge on any atom is -0.329 e. The molecule has 0 saturated heterocycles. The summed E-state index contributed by atoms with van der Waals surface area (Å²) in [5.74, 6) is -2.92. The molecule has 0 bridgehead atoms. The molecular formula is C13H10F2N2O2S. The standard InChI is InChI=1S/C13H10F2N2O2S/c14-13(15)20-10-3-1-9(2-4-10)17-12(19)8-5-6-16-11(18)7-8/h1-7,13H,(H,16,18)(H,17,19). The van der Waals surface area contributed by atoms with E-state index in [0.29, 0.717) is 22.3 Å². The zero-order valence-electron chi connectivity index (χ0n) is 10.1. The van der Waals surface area contributed by atoms with E-state index < -0.39 is 11.7 Å². The molecule has 0 unspecified atom stereocenters. The minimum absolute atomic E-state index is 0.222. The quantitative estimate of drug-likeness (QED) is 0.853. The number of thioether (sulfide) groups is 1. The monoisotopic (exact) mass is 296 g/mol. The third kappa shape index (κ3) is 3.92. The van der Waals surface area contributed by atoms with Crippen molar-refractivity contribution in [3.05, 3.63) is 58.5 Å². The van der Waals surface area contributed by atoms with Crippen molar-refractivity contribution in [3.8, 4) is 0 Å². The number of carbonyl (C=O) groups excluding carboxylic acids is 1. The van der Waals surface area contributed by atoms with E-state index in [-0.39, 0.29) is 11.1 Å². The number of carbonyl (C=O) groups is 1. The van der Waals surface area contributed by atoms with Crippen LogP contribution in [0.15, 0.2) is 52.3 Å². The van der Waals surface area contributed by atoms with Crippen molar-refractivity contribution in [1.82, 2.24) is 4.98 Å². The lowest BCUT2D eigenvalue weighted by atomic mass is 10.2. The number of hydrogen-bond donors (Lipinski definition) is 2. The number of hydrogen-bond acceptors (Lipinski definition) is 3. The molecule has 0 fully saturated rings. The highest BCUT2D eigenvalue weighted by Crippen LogP contribution is 2.26. The first-order valence-corrected chi connectivity index (χ1v) is 6.47. The van der Waals surface area contributed by atoms with Crippen molar-refractivity contribution >= 4 is 23.4 Å². The molecule has 1 aromatic carbocycles. The largest absolute Gasteiger partial charge is 0.329 e. The highest BCUT2D eigenvalue weighted by Gasteiger charge is 2.08. The Hall–Kier alpha value is -2.15. The predicted octanol–water partition coefficient (Wildman–Crippen LogP) is 2.94. The fraction of sp³-hybridized carbons (Fsp3) is 0.0769. The number of aromatic amines is 1. The fourth-order valence-electron chi connectivity index (χ4n) is 1.51. The smallest absolute Gasteiger partial charge is 0.288 e. The van der Waals surface area contributed by atoms with Crippen LogP contribution in [0.5, 0.6) is 0 Å². The third-order valence-corrected chi connectivity index (χ3v) is 3.10. The number of rotatable bonds is 4. The van der Waals surface area contributed by atoms with E-state index in [1.807, 2.05) is 0 Å². The Morgan fingerprint density at radius 3 is 2.50 bits per heavy atom. The Morgan fingerprint density at radius 2 is 1.90 bits per heavy atom. The molecule has 1 aromatic heterocycles. The molecule has 4 nitrogen and oxygen atoms in total. The van der Waals surface area contributed by atoms with E-state index >= 15 is 0 Å². The number of amides is 1. The second kappa shape index (κ2) is 6.33. The molecule has 0 spiro atoms. The summed E-state index contributed by atoms with van der Waals surface area (Å²) in [6.07, 6.45) is 1.37. The second-order valence-corrected chi connectivity index (χ2v) is 4.86. The number of anilines is 1. The second-order valence-electron chi connectivity index (χ2n) is 3.80. The maximum Gasteiger partial charge on any atom is 0.288 e. The predicted molar refractivity (Wildman–Crippen MR) is 73.3 cm³/mol. The summed E-state index contributed by atoms with van der Waals surface area (Å²) >= 11 is 0.433. The van der Waals surface area contributed by atoms with Crippen LogP contribution < -0.4 is 10.9 Å². The summed E-state index contributed by atoms with van der Waals surface area (Å²) in [5, 5.41) is 2.58. The Bertz CT molecular complexity index is 656. The third-order valence-electron chi connectivity index (χ3n) is 2.37. The van der Waals surface area contributed by atoms with Crippen LogP contribution >= 0.6 is 11.8 Å². The molecule has 1 heterocycles.